The lowest BCUT2D eigenvalue weighted by Gasteiger charge is -2.21. The number of benzene rings is 1. The van der Waals surface area contributed by atoms with E-state index in [1.807, 2.05) is 6.92 Å². The predicted octanol–water partition coefficient (Wildman–Crippen LogP) is 2.95. The van der Waals surface area contributed by atoms with Crippen molar-refractivity contribution in [2.75, 3.05) is 18.5 Å². The Morgan fingerprint density at radius 2 is 1.74 bits per heavy atom. The third kappa shape index (κ3) is 4.38. The number of rotatable bonds is 6. The van der Waals surface area contributed by atoms with Crippen LogP contribution in [0, 0.1) is 11.6 Å². The zero-order valence-corrected chi connectivity index (χ0v) is 11.0. The summed E-state index contributed by atoms with van der Waals surface area (Å²) in [7, 11) is 1.23. The Balaban J connectivity index is 2.97. The summed E-state index contributed by atoms with van der Waals surface area (Å²) < 4.78 is 52.1. The van der Waals surface area contributed by atoms with E-state index in [4.69, 9.17) is 5.73 Å². The largest absolute Gasteiger partial charge is 0.364 e. The number of nitrogens with zero attached hydrogens (tertiary/aromatic N) is 1. The van der Waals surface area contributed by atoms with Crippen molar-refractivity contribution in [3.8, 4) is 0 Å². The molecule has 0 aliphatic heterocycles. The van der Waals surface area contributed by atoms with Crippen molar-refractivity contribution in [1.29, 1.82) is 0 Å². The molecule has 0 fully saturated rings. The first-order valence-corrected chi connectivity index (χ1v) is 6.07. The minimum Gasteiger partial charge on any atom is -0.364 e. The molecule has 1 aromatic rings. The number of hydrogen-bond acceptors (Lipinski definition) is 2. The van der Waals surface area contributed by atoms with Crippen LogP contribution in [0.1, 0.15) is 18.9 Å². The molecule has 108 valence electrons. The highest BCUT2D eigenvalue weighted by Gasteiger charge is 2.18. The zero-order valence-electron chi connectivity index (χ0n) is 11.0. The van der Waals surface area contributed by atoms with Crippen LogP contribution in [0.5, 0.6) is 0 Å². The Kier molecular flexibility index (Phi) is 5.60. The maximum Gasteiger partial charge on any atom is 0.255 e. The second-order valence-electron chi connectivity index (χ2n) is 4.55. The number of hydrogen-bond donors (Lipinski definition) is 1. The highest BCUT2D eigenvalue weighted by atomic mass is 19.3. The van der Waals surface area contributed by atoms with E-state index < -0.39 is 30.3 Å². The summed E-state index contributed by atoms with van der Waals surface area (Å²) in [6, 6.07) is 2.12. The smallest absolute Gasteiger partial charge is 0.255 e. The van der Waals surface area contributed by atoms with Crippen molar-refractivity contribution >= 4 is 5.69 Å². The molecule has 1 rings (SSSR count). The normalized spacial score (nSPS) is 12.8. The summed E-state index contributed by atoms with van der Waals surface area (Å²) in [5, 5.41) is 0. The Labute approximate surface area is 110 Å². The molecule has 0 spiro atoms. The van der Waals surface area contributed by atoms with E-state index in [0.717, 1.165) is 17.0 Å². The van der Waals surface area contributed by atoms with Gasteiger partial charge in [0.25, 0.3) is 6.43 Å². The first kappa shape index (κ1) is 15.8. The van der Waals surface area contributed by atoms with Gasteiger partial charge in [-0.05, 0) is 30.5 Å². The second-order valence-corrected chi connectivity index (χ2v) is 4.55. The fourth-order valence-electron chi connectivity index (χ4n) is 1.85. The molecule has 0 aliphatic carbocycles. The van der Waals surface area contributed by atoms with Crippen LogP contribution in [-0.4, -0.2) is 26.1 Å². The molecule has 19 heavy (non-hydrogen) atoms. The molecule has 6 heteroatoms. The average Bonchev–Trinajstić information content (AvgIpc) is 2.26. The van der Waals surface area contributed by atoms with Gasteiger partial charge in [0.15, 0.2) is 0 Å². The lowest BCUT2D eigenvalue weighted by Crippen LogP contribution is -2.26. The standard InChI is InChI=1S/C13H18F4N2/c1-3-9(18)4-8-5-10(14)13(11(15)6-8)19(2)7-12(16)17/h5-6,9,12H,3-4,7,18H2,1-2H3. The van der Waals surface area contributed by atoms with Crippen LogP contribution in [0.2, 0.25) is 0 Å². The second kappa shape index (κ2) is 6.75. The van der Waals surface area contributed by atoms with Crippen LogP contribution in [0.15, 0.2) is 12.1 Å². The molecule has 0 saturated heterocycles. The Morgan fingerprint density at radius 1 is 1.21 bits per heavy atom. The quantitative estimate of drug-likeness (QED) is 0.811. The molecule has 0 aliphatic rings. The Hall–Kier alpha value is -1.30. The minimum atomic E-state index is -2.66. The third-order valence-corrected chi connectivity index (χ3v) is 2.89. The molecule has 1 unspecified atom stereocenters. The zero-order chi connectivity index (χ0) is 14.6. The van der Waals surface area contributed by atoms with Crippen molar-refractivity contribution in [3.05, 3.63) is 29.3 Å². The lowest BCUT2D eigenvalue weighted by atomic mass is 10.0. The van der Waals surface area contributed by atoms with Gasteiger partial charge in [0.05, 0.1) is 6.54 Å². The van der Waals surface area contributed by atoms with E-state index in [9.17, 15) is 17.6 Å². The molecular weight excluding hydrogens is 260 g/mol. The van der Waals surface area contributed by atoms with Crippen LogP contribution >= 0.6 is 0 Å². The molecular formula is C13H18F4N2. The number of nitrogens with two attached hydrogens (primary N) is 1. The van der Waals surface area contributed by atoms with E-state index in [-0.39, 0.29) is 6.04 Å². The maximum atomic E-state index is 13.8. The number of anilines is 1. The van der Waals surface area contributed by atoms with E-state index in [1.165, 1.54) is 7.05 Å². The minimum absolute atomic E-state index is 0.177. The van der Waals surface area contributed by atoms with E-state index in [1.54, 1.807) is 0 Å². The van der Waals surface area contributed by atoms with E-state index in [2.05, 4.69) is 0 Å². The molecule has 0 aromatic heterocycles. The topological polar surface area (TPSA) is 29.3 Å². The van der Waals surface area contributed by atoms with E-state index in [0.29, 0.717) is 18.4 Å². The molecule has 0 radical (unpaired) electrons. The summed E-state index contributed by atoms with van der Waals surface area (Å²) >= 11 is 0. The first-order valence-electron chi connectivity index (χ1n) is 6.07. The van der Waals surface area contributed by atoms with E-state index >= 15 is 0 Å². The summed E-state index contributed by atoms with van der Waals surface area (Å²) in [4.78, 5) is 0.874. The summed E-state index contributed by atoms with van der Waals surface area (Å²) in [5.41, 5.74) is 5.71. The van der Waals surface area contributed by atoms with Crippen LogP contribution < -0.4 is 10.6 Å². The monoisotopic (exact) mass is 278 g/mol. The van der Waals surface area contributed by atoms with Gasteiger partial charge in [-0.3, -0.25) is 0 Å². The van der Waals surface area contributed by atoms with Gasteiger partial charge in [-0.2, -0.15) is 0 Å². The van der Waals surface area contributed by atoms with Gasteiger partial charge in [-0.15, -0.1) is 0 Å². The average molecular weight is 278 g/mol. The molecule has 1 atom stereocenters. The van der Waals surface area contributed by atoms with Gasteiger partial charge in [0.2, 0.25) is 0 Å². The number of alkyl halides is 2. The van der Waals surface area contributed by atoms with Gasteiger partial charge >= 0.3 is 0 Å². The third-order valence-electron chi connectivity index (χ3n) is 2.89. The summed E-state index contributed by atoms with van der Waals surface area (Å²) in [6.07, 6.45) is -1.61. The fourth-order valence-corrected chi connectivity index (χ4v) is 1.85. The summed E-state index contributed by atoms with van der Waals surface area (Å²) in [5.74, 6) is -1.69. The predicted molar refractivity (Wildman–Crippen MR) is 67.6 cm³/mol. The number of halogens is 4. The molecule has 0 saturated carbocycles. The van der Waals surface area contributed by atoms with Crippen molar-refractivity contribution < 1.29 is 17.6 Å². The first-order chi connectivity index (χ1) is 8.85. The summed E-state index contributed by atoms with van der Waals surface area (Å²) in [6.45, 7) is 1.16. The molecule has 0 amide bonds. The SMILES string of the molecule is CCC(N)Cc1cc(F)c(N(C)CC(F)F)c(F)c1. The maximum absolute atomic E-state index is 13.8. The van der Waals surface area contributed by atoms with Crippen molar-refractivity contribution in [2.24, 2.45) is 5.73 Å². The van der Waals surface area contributed by atoms with Crippen LogP contribution in [-0.2, 0) is 6.42 Å². The molecule has 2 N–H and O–H groups in total. The van der Waals surface area contributed by atoms with Crippen molar-refractivity contribution in [1.82, 2.24) is 0 Å². The van der Waals surface area contributed by atoms with Crippen LogP contribution in [0.25, 0.3) is 0 Å². The van der Waals surface area contributed by atoms with Gasteiger partial charge < -0.3 is 10.6 Å². The van der Waals surface area contributed by atoms with Gasteiger partial charge in [0, 0.05) is 13.1 Å². The van der Waals surface area contributed by atoms with Gasteiger partial charge in [-0.1, -0.05) is 6.92 Å². The highest BCUT2D eigenvalue weighted by Crippen LogP contribution is 2.25. The van der Waals surface area contributed by atoms with Gasteiger partial charge in [-0.25, -0.2) is 17.6 Å². The Morgan fingerprint density at radius 3 is 2.16 bits per heavy atom. The molecule has 0 bridgehead atoms. The molecule has 2 nitrogen and oxygen atoms in total. The van der Waals surface area contributed by atoms with Crippen LogP contribution in [0.4, 0.5) is 23.2 Å². The highest BCUT2D eigenvalue weighted by molar-refractivity contribution is 5.50. The fraction of sp³-hybridized carbons (Fsp3) is 0.538. The van der Waals surface area contributed by atoms with Crippen molar-refractivity contribution in [2.45, 2.75) is 32.2 Å². The molecule has 0 heterocycles. The lowest BCUT2D eigenvalue weighted by molar-refractivity contribution is 0.156. The molecule has 1 aromatic carbocycles. The van der Waals surface area contributed by atoms with Crippen molar-refractivity contribution in [3.63, 3.8) is 0 Å². The Bertz CT molecular complexity index is 400. The van der Waals surface area contributed by atoms with Crippen LogP contribution in [0.3, 0.4) is 0 Å². The van der Waals surface area contributed by atoms with Gasteiger partial charge in [0.1, 0.15) is 17.3 Å².